The molecule has 2 aromatic rings. The zero-order valence-electron chi connectivity index (χ0n) is 13.8. The molecule has 0 unspecified atom stereocenters. The van der Waals surface area contributed by atoms with Gasteiger partial charge in [-0.1, -0.05) is 6.07 Å². The van der Waals surface area contributed by atoms with Gasteiger partial charge in [-0.2, -0.15) is 0 Å². The van der Waals surface area contributed by atoms with Gasteiger partial charge < -0.3 is 10.2 Å². The molecular formula is C19H20FN3OS. The molecule has 2 aliphatic rings. The second-order valence-electron chi connectivity index (χ2n) is 6.50. The fraction of sp³-hybridized carbons (Fsp3) is 0.368. The van der Waals surface area contributed by atoms with Crippen LogP contribution >= 0.6 is 11.8 Å². The molecule has 2 amide bonds. The highest BCUT2D eigenvalue weighted by Gasteiger charge is 2.34. The molecule has 0 radical (unpaired) electrons. The van der Waals surface area contributed by atoms with E-state index in [2.05, 4.69) is 10.3 Å². The standard InChI is InChI=1S/C19H20FN3OS/c20-13-4-7-18-16(11-13)17(8-10-25-18)22-19(24)23(15-5-6-15)12-14-3-1-2-9-21-14/h1-4,7,9,11,15,17H,5-6,8,10,12H2,(H,22,24)/t17-/m0/s1. The van der Waals surface area contributed by atoms with E-state index in [0.717, 1.165) is 41.2 Å². The monoisotopic (exact) mass is 357 g/mol. The summed E-state index contributed by atoms with van der Waals surface area (Å²) >= 11 is 1.72. The zero-order valence-corrected chi connectivity index (χ0v) is 14.6. The molecule has 1 aromatic heterocycles. The molecule has 25 heavy (non-hydrogen) atoms. The summed E-state index contributed by atoms with van der Waals surface area (Å²) in [7, 11) is 0. The van der Waals surface area contributed by atoms with Crippen LogP contribution in [0.4, 0.5) is 9.18 Å². The third kappa shape index (κ3) is 3.79. The highest BCUT2D eigenvalue weighted by molar-refractivity contribution is 7.99. The molecular weight excluding hydrogens is 337 g/mol. The Morgan fingerprint density at radius 2 is 2.16 bits per heavy atom. The Balaban J connectivity index is 1.50. The Morgan fingerprint density at radius 3 is 2.92 bits per heavy atom. The lowest BCUT2D eigenvalue weighted by Gasteiger charge is -2.29. The summed E-state index contributed by atoms with van der Waals surface area (Å²) in [5.41, 5.74) is 1.77. The van der Waals surface area contributed by atoms with E-state index >= 15 is 0 Å². The van der Waals surface area contributed by atoms with Crippen molar-refractivity contribution in [2.24, 2.45) is 0 Å². The largest absolute Gasteiger partial charge is 0.331 e. The maximum Gasteiger partial charge on any atom is 0.318 e. The average Bonchev–Trinajstić information content (AvgIpc) is 3.46. The number of urea groups is 1. The Morgan fingerprint density at radius 1 is 1.28 bits per heavy atom. The Labute approximate surface area is 150 Å². The number of carbonyl (C=O) groups is 1. The van der Waals surface area contributed by atoms with Crippen molar-refractivity contribution in [3.63, 3.8) is 0 Å². The molecule has 2 heterocycles. The third-order valence-electron chi connectivity index (χ3n) is 4.62. The number of hydrogen-bond donors (Lipinski definition) is 1. The number of rotatable bonds is 4. The minimum absolute atomic E-state index is 0.0831. The van der Waals surface area contributed by atoms with Gasteiger partial charge in [-0.25, -0.2) is 9.18 Å². The SMILES string of the molecule is O=C(N[C@H]1CCSc2ccc(F)cc21)N(Cc1ccccn1)C1CC1. The molecule has 0 bridgehead atoms. The van der Waals surface area contributed by atoms with Gasteiger partial charge in [0.05, 0.1) is 18.3 Å². The predicted molar refractivity (Wildman–Crippen MR) is 95.8 cm³/mol. The minimum atomic E-state index is -0.256. The fourth-order valence-electron chi connectivity index (χ4n) is 3.17. The number of nitrogens with zero attached hydrogens (tertiary/aromatic N) is 2. The molecule has 1 N–H and O–H groups in total. The van der Waals surface area contributed by atoms with Crippen LogP contribution in [0.25, 0.3) is 0 Å². The first kappa shape index (κ1) is 16.4. The molecule has 1 saturated carbocycles. The van der Waals surface area contributed by atoms with E-state index in [-0.39, 0.29) is 23.9 Å². The summed E-state index contributed by atoms with van der Waals surface area (Å²) in [4.78, 5) is 20.1. The van der Waals surface area contributed by atoms with Crippen LogP contribution < -0.4 is 5.32 Å². The summed E-state index contributed by atoms with van der Waals surface area (Å²) < 4.78 is 13.6. The zero-order chi connectivity index (χ0) is 17.2. The van der Waals surface area contributed by atoms with Crippen LogP contribution in [-0.2, 0) is 6.54 Å². The van der Waals surface area contributed by atoms with E-state index in [1.165, 1.54) is 6.07 Å². The van der Waals surface area contributed by atoms with Gasteiger partial charge in [-0.3, -0.25) is 4.98 Å². The van der Waals surface area contributed by atoms with Gasteiger partial charge in [0, 0.05) is 22.9 Å². The lowest BCUT2D eigenvalue weighted by atomic mass is 10.0. The van der Waals surface area contributed by atoms with Crippen LogP contribution in [0.2, 0.25) is 0 Å². The molecule has 1 aliphatic heterocycles. The van der Waals surface area contributed by atoms with E-state index in [4.69, 9.17) is 0 Å². The number of nitrogens with one attached hydrogen (secondary N) is 1. The quantitative estimate of drug-likeness (QED) is 0.895. The summed E-state index contributed by atoms with van der Waals surface area (Å²) in [5, 5.41) is 3.12. The third-order valence-corrected chi connectivity index (χ3v) is 5.74. The second kappa shape index (κ2) is 7.04. The van der Waals surface area contributed by atoms with Gasteiger partial charge in [0.25, 0.3) is 0 Å². The number of amides is 2. The van der Waals surface area contributed by atoms with Crippen LogP contribution in [0.15, 0.2) is 47.5 Å². The van der Waals surface area contributed by atoms with Crippen LogP contribution in [0.1, 0.15) is 36.6 Å². The van der Waals surface area contributed by atoms with Crippen LogP contribution in [0.5, 0.6) is 0 Å². The Kier molecular flexibility index (Phi) is 4.61. The number of thioether (sulfide) groups is 1. The number of halogens is 1. The lowest BCUT2D eigenvalue weighted by Crippen LogP contribution is -2.43. The Hall–Kier alpha value is -2.08. The van der Waals surface area contributed by atoms with Gasteiger partial charge in [0.2, 0.25) is 0 Å². The summed E-state index contributed by atoms with van der Waals surface area (Å²) in [5.74, 6) is 0.667. The molecule has 130 valence electrons. The van der Waals surface area contributed by atoms with E-state index in [9.17, 15) is 9.18 Å². The highest BCUT2D eigenvalue weighted by Crippen LogP contribution is 2.37. The van der Waals surface area contributed by atoms with Gasteiger partial charge >= 0.3 is 6.03 Å². The molecule has 0 spiro atoms. The van der Waals surface area contributed by atoms with Crippen LogP contribution in [0, 0.1) is 5.82 Å². The number of carbonyl (C=O) groups excluding carboxylic acids is 1. The van der Waals surface area contributed by atoms with Crippen molar-refractivity contribution in [1.82, 2.24) is 15.2 Å². The maximum absolute atomic E-state index is 13.6. The number of benzene rings is 1. The average molecular weight is 357 g/mol. The number of aromatic nitrogens is 1. The molecule has 1 aromatic carbocycles. The molecule has 4 rings (SSSR count). The first-order valence-corrected chi connectivity index (χ1v) is 9.58. The summed E-state index contributed by atoms with van der Waals surface area (Å²) in [6.07, 6.45) is 4.63. The second-order valence-corrected chi connectivity index (χ2v) is 7.64. The molecule has 1 atom stereocenters. The molecule has 1 aliphatic carbocycles. The van der Waals surface area contributed by atoms with Crippen LogP contribution in [-0.4, -0.2) is 27.7 Å². The lowest BCUT2D eigenvalue weighted by molar-refractivity contribution is 0.186. The summed E-state index contributed by atoms with van der Waals surface area (Å²) in [6, 6.07) is 10.6. The van der Waals surface area contributed by atoms with Crippen molar-refractivity contribution in [3.05, 3.63) is 59.7 Å². The van der Waals surface area contributed by atoms with Gasteiger partial charge in [0.1, 0.15) is 5.82 Å². The molecule has 4 nitrogen and oxygen atoms in total. The summed E-state index contributed by atoms with van der Waals surface area (Å²) in [6.45, 7) is 0.509. The van der Waals surface area contributed by atoms with E-state index in [1.807, 2.05) is 23.1 Å². The van der Waals surface area contributed by atoms with Gasteiger partial charge in [0.15, 0.2) is 0 Å². The normalized spacial score (nSPS) is 19.2. The van der Waals surface area contributed by atoms with Gasteiger partial charge in [-0.15, -0.1) is 11.8 Å². The van der Waals surface area contributed by atoms with Crippen molar-refractivity contribution in [3.8, 4) is 0 Å². The van der Waals surface area contributed by atoms with Crippen molar-refractivity contribution >= 4 is 17.8 Å². The fourth-order valence-corrected chi connectivity index (χ4v) is 4.27. The molecule has 6 heteroatoms. The van der Waals surface area contributed by atoms with Crippen LogP contribution in [0.3, 0.4) is 0 Å². The van der Waals surface area contributed by atoms with Crippen molar-refractivity contribution in [2.45, 2.75) is 42.8 Å². The first-order chi connectivity index (χ1) is 12.2. The number of pyridine rings is 1. The molecule has 0 saturated heterocycles. The van der Waals surface area contributed by atoms with E-state index < -0.39 is 0 Å². The van der Waals surface area contributed by atoms with Gasteiger partial charge in [-0.05, 0) is 55.2 Å². The van der Waals surface area contributed by atoms with E-state index in [0.29, 0.717) is 6.54 Å². The predicted octanol–water partition coefficient (Wildman–Crippen LogP) is 4.13. The molecule has 1 fully saturated rings. The number of fused-ring (bicyclic) bond motifs is 1. The topological polar surface area (TPSA) is 45.2 Å². The van der Waals surface area contributed by atoms with Crippen molar-refractivity contribution < 1.29 is 9.18 Å². The smallest absolute Gasteiger partial charge is 0.318 e. The van der Waals surface area contributed by atoms with Crippen molar-refractivity contribution in [1.29, 1.82) is 0 Å². The maximum atomic E-state index is 13.6. The van der Waals surface area contributed by atoms with Crippen molar-refractivity contribution in [2.75, 3.05) is 5.75 Å². The number of hydrogen-bond acceptors (Lipinski definition) is 3. The highest BCUT2D eigenvalue weighted by atomic mass is 32.2. The first-order valence-electron chi connectivity index (χ1n) is 8.60. The van der Waals surface area contributed by atoms with E-state index in [1.54, 1.807) is 30.1 Å². The minimum Gasteiger partial charge on any atom is -0.331 e. The Bertz CT molecular complexity index is 767.